The van der Waals surface area contributed by atoms with Crippen LogP contribution in [0.3, 0.4) is 0 Å². The van der Waals surface area contributed by atoms with E-state index in [2.05, 4.69) is 5.32 Å². The third-order valence-corrected chi connectivity index (χ3v) is 1.39. The number of amides is 2. The van der Waals surface area contributed by atoms with Crippen LogP contribution in [0.25, 0.3) is 0 Å². The van der Waals surface area contributed by atoms with Crippen molar-refractivity contribution in [3.8, 4) is 0 Å². The Morgan fingerprint density at radius 1 is 1.90 bits per heavy atom. The van der Waals surface area contributed by atoms with Crippen LogP contribution in [0.4, 0.5) is 4.79 Å². The molecule has 1 atom stereocenters. The van der Waals surface area contributed by atoms with Gasteiger partial charge in [-0.15, -0.1) is 0 Å². The van der Waals surface area contributed by atoms with Crippen molar-refractivity contribution in [2.75, 3.05) is 13.6 Å². The fourth-order valence-corrected chi connectivity index (χ4v) is 0.795. The Kier molecular flexibility index (Phi) is 1.48. The fraction of sp³-hybridized carbons (Fsp3) is 0.600. The lowest BCUT2D eigenvalue weighted by atomic mass is 10.3. The topological polar surface area (TPSA) is 72.5 Å². The molecule has 10 heavy (non-hydrogen) atoms. The zero-order valence-corrected chi connectivity index (χ0v) is 5.46. The van der Waals surface area contributed by atoms with Crippen molar-refractivity contribution in [3.63, 3.8) is 0 Å². The van der Waals surface area contributed by atoms with Gasteiger partial charge in [-0.05, 0) is 0 Å². The molecule has 1 aliphatic rings. The number of nitrogens with zero attached hydrogens (tertiary/aromatic N) is 1. The normalized spacial score (nSPS) is 24.7. The first-order valence-corrected chi connectivity index (χ1v) is 2.84. The highest BCUT2D eigenvalue weighted by atomic mass is 16.4. The molecule has 1 heterocycles. The maximum atomic E-state index is 10.6. The molecule has 0 aromatic carbocycles. The van der Waals surface area contributed by atoms with E-state index in [9.17, 15) is 14.7 Å². The summed E-state index contributed by atoms with van der Waals surface area (Å²) in [6.07, 6.45) is 0. The molecule has 0 bridgehead atoms. The molecule has 2 amide bonds. The fourth-order valence-electron chi connectivity index (χ4n) is 0.795. The Morgan fingerprint density at radius 3 is 2.70 bits per heavy atom. The van der Waals surface area contributed by atoms with E-state index in [1.807, 2.05) is 0 Å². The van der Waals surface area contributed by atoms with Gasteiger partial charge in [0, 0.05) is 13.6 Å². The van der Waals surface area contributed by atoms with Crippen LogP contribution >= 0.6 is 0 Å². The molecule has 0 aliphatic carbocycles. The van der Waals surface area contributed by atoms with Crippen LogP contribution in [0, 0.1) is 0 Å². The molecule has 1 saturated heterocycles. The summed E-state index contributed by atoms with van der Waals surface area (Å²) in [5.41, 5.74) is 0. The first kappa shape index (κ1) is 6.85. The van der Waals surface area contributed by atoms with Gasteiger partial charge < -0.3 is 20.1 Å². The second-order valence-corrected chi connectivity index (χ2v) is 2.20. The van der Waals surface area contributed by atoms with Crippen molar-refractivity contribution < 1.29 is 14.7 Å². The molecule has 0 aromatic rings. The number of hydrogen-bond donors (Lipinski definition) is 1. The molecular formula is C5H7N2O3-. The molecule has 0 saturated carbocycles. The van der Waals surface area contributed by atoms with Crippen molar-refractivity contribution in [1.82, 2.24) is 10.2 Å². The predicted octanol–water partition coefficient (Wildman–Crippen LogP) is -2.24. The lowest BCUT2D eigenvalue weighted by molar-refractivity contribution is -0.307. The van der Waals surface area contributed by atoms with Gasteiger partial charge in [0.2, 0.25) is 0 Å². The first-order valence-electron chi connectivity index (χ1n) is 2.84. The largest absolute Gasteiger partial charge is 0.548 e. The van der Waals surface area contributed by atoms with Gasteiger partial charge in [-0.2, -0.15) is 0 Å². The minimum atomic E-state index is -1.24. The average molecular weight is 143 g/mol. The van der Waals surface area contributed by atoms with E-state index in [4.69, 9.17) is 0 Å². The summed E-state index contributed by atoms with van der Waals surface area (Å²) in [6, 6.07) is -1.22. The number of aliphatic carboxylic acids is 1. The zero-order chi connectivity index (χ0) is 7.72. The Bertz CT molecular complexity index is 180. The second-order valence-electron chi connectivity index (χ2n) is 2.20. The van der Waals surface area contributed by atoms with Gasteiger partial charge in [-0.25, -0.2) is 4.79 Å². The molecule has 1 aliphatic heterocycles. The molecule has 0 spiro atoms. The van der Waals surface area contributed by atoms with E-state index in [1.54, 1.807) is 0 Å². The minimum Gasteiger partial charge on any atom is -0.548 e. The molecule has 1 fully saturated rings. The number of hydrogen-bond acceptors (Lipinski definition) is 3. The van der Waals surface area contributed by atoms with Gasteiger partial charge in [-0.3, -0.25) is 0 Å². The van der Waals surface area contributed by atoms with Crippen LogP contribution in [0.5, 0.6) is 0 Å². The van der Waals surface area contributed by atoms with Gasteiger partial charge in [0.1, 0.15) is 0 Å². The molecule has 1 unspecified atom stereocenters. The molecule has 5 heteroatoms. The van der Waals surface area contributed by atoms with Crippen LogP contribution in [0.15, 0.2) is 0 Å². The van der Waals surface area contributed by atoms with Crippen molar-refractivity contribution >= 4 is 12.0 Å². The molecule has 56 valence electrons. The van der Waals surface area contributed by atoms with E-state index in [1.165, 1.54) is 11.9 Å². The van der Waals surface area contributed by atoms with Crippen LogP contribution in [0.1, 0.15) is 0 Å². The van der Waals surface area contributed by atoms with E-state index in [0.717, 1.165) is 0 Å². The lowest BCUT2D eigenvalue weighted by Crippen LogP contribution is -2.44. The van der Waals surface area contributed by atoms with Crippen LogP contribution < -0.4 is 10.4 Å². The standard InChI is InChI=1S/C5H8N2O3/c1-7-2-3(4(8)9)6-5(7)10/h3H,2H2,1H3,(H,6,10)(H,8,9)/p-1. The Morgan fingerprint density at radius 2 is 2.50 bits per heavy atom. The number of likely N-dealkylation sites (N-methyl/N-ethyl adjacent to an activating group) is 1. The van der Waals surface area contributed by atoms with Gasteiger partial charge in [0.25, 0.3) is 0 Å². The summed E-state index contributed by atoms with van der Waals surface area (Å²) in [5, 5.41) is 12.4. The summed E-state index contributed by atoms with van der Waals surface area (Å²) >= 11 is 0. The monoisotopic (exact) mass is 143 g/mol. The number of carbonyl (C=O) groups excluding carboxylic acids is 2. The van der Waals surface area contributed by atoms with E-state index in [-0.39, 0.29) is 12.6 Å². The molecular weight excluding hydrogens is 136 g/mol. The summed E-state index contributed by atoms with van der Waals surface area (Å²) < 4.78 is 0. The smallest absolute Gasteiger partial charge is 0.317 e. The summed E-state index contributed by atoms with van der Waals surface area (Å²) in [7, 11) is 1.53. The first-order chi connectivity index (χ1) is 4.61. The van der Waals surface area contributed by atoms with E-state index >= 15 is 0 Å². The highest BCUT2D eigenvalue weighted by Crippen LogP contribution is 1.98. The van der Waals surface area contributed by atoms with Crippen molar-refractivity contribution in [3.05, 3.63) is 0 Å². The summed E-state index contributed by atoms with van der Waals surface area (Å²) in [5.74, 6) is -1.24. The molecule has 0 radical (unpaired) electrons. The minimum absolute atomic E-state index is 0.182. The van der Waals surface area contributed by atoms with Gasteiger partial charge in [-0.1, -0.05) is 0 Å². The number of urea groups is 1. The maximum Gasteiger partial charge on any atom is 0.317 e. The van der Waals surface area contributed by atoms with E-state index in [0.29, 0.717) is 0 Å². The molecule has 0 aromatic heterocycles. The van der Waals surface area contributed by atoms with Crippen molar-refractivity contribution in [2.45, 2.75) is 6.04 Å². The number of nitrogens with one attached hydrogen (secondary N) is 1. The summed E-state index contributed by atoms with van der Waals surface area (Å²) in [6.45, 7) is 0.182. The highest BCUT2D eigenvalue weighted by molar-refractivity contribution is 5.85. The number of rotatable bonds is 1. The maximum absolute atomic E-state index is 10.6. The second kappa shape index (κ2) is 2.17. The Hall–Kier alpha value is -1.26. The highest BCUT2D eigenvalue weighted by Gasteiger charge is 2.25. The third kappa shape index (κ3) is 1.02. The molecule has 1 N–H and O–H groups in total. The third-order valence-electron chi connectivity index (χ3n) is 1.39. The average Bonchev–Trinajstić information content (AvgIpc) is 2.13. The number of carboxylic acid groups (broad SMARTS) is 1. The Balaban J connectivity index is 2.57. The lowest BCUT2D eigenvalue weighted by Gasteiger charge is -2.08. The van der Waals surface area contributed by atoms with Crippen LogP contribution in [0.2, 0.25) is 0 Å². The zero-order valence-electron chi connectivity index (χ0n) is 5.46. The van der Waals surface area contributed by atoms with Gasteiger partial charge in [0.05, 0.1) is 12.0 Å². The van der Waals surface area contributed by atoms with Crippen LogP contribution in [-0.2, 0) is 4.79 Å². The van der Waals surface area contributed by atoms with Gasteiger partial charge in [0.15, 0.2) is 0 Å². The van der Waals surface area contributed by atoms with Crippen molar-refractivity contribution in [2.24, 2.45) is 0 Å². The van der Waals surface area contributed by atoms with Crippen LogP contribution in [-0.4, -0.2) is 36.5 Å². The summed E-state index contributed by atoms with van der Waals surface area (Å²) in [4.78, 5) is 22.0. The Labute approximate surface area is 57.6 Å². The van der Waals surface area contributed by atoms with Gasteiger partial charge >= 0.3 is 6.03 Å². The SMILES string of the molecule is CN1CC(C(=O)[O-])NC1=O. The number of carboxylic acids is 1. The van der Waals surface area contributed by atoms with Crippen molar-refractivity contribution in [1.29, 1.82) is 0 Å². The molecule has 5 nitrogen and oxygen atoms in total. The van der Waals surface area contributed by atoms with E-state index < -0.39 is 12.0 Å². The predicted molar refractivity (Wildman–Crippen MR) is 30.0 cm³/mol. The quantitative estimate of drug-likeness (QED) is 0.451. The number of carbonyl (C=O) groups is 2. The molecule has 1 rings (SSSR count).